The second-order valence-corrected chi connectivity index (χ2v) is 8.37. The molecule has 0 aliphatic heterocycles. The first kappa shape index (κ1) is 22.3. The quantitative estimate of drug-likeness (QED) is 0.369. The fourth-order valence-corrected chi connectivity index (χ4v) is 4.31. The Labute approximate surface area is 190 Å². The van der Waals surface area contributed by atoms with Crippen molar-refractivity contribution in [3.63, 3.8) is 0 Å². The van der Waals surface area contributed by atoms with Gasteiger partial charge in [-0.05, 0) is 48.4 Å². The molecule has 0 atom stereocenters. The van der Waals surface area contributed by atoms with Gasteiger partial charge in [-0.2, -0.15) is 0 Å². The summed E-state index contributed by atoms with van der Waals surface area (Å²) in [6, 6.07) is 21.0. The summed E-state index contributed by atoms with van der Waals surface area (Å²) in [5.41, 5.74) is 3.87. The summed E-state index contributed by atoms with van der Waals surface area (Å²) in [7, 11) is 0. The number of hydrogen-bond donors (Lipinski definition) is 1. The van der Waals surface area contributed by atoms with Gasteiger partial charge in [-0.1, -0.05) is 65.7 Å². The Balaban J connectivity index is 1.83. The highest BCUT2D eigenvalue weighted by Gasteiger charge is 2.12. The topological polar surface area (TPSA) is 46.5 Å². The summed E-state index contributed by atoms with van der Waals surface area (Å²) in [6.45, 7) is 1.62. The van der Waals surface area contributed by atoms with Gasteiger partial charge in [0.25, 0.3) is 0 Å². The summed E-state index contributed by atoms with van der Waals surface area (Å²) < 4.78 is 5.24. The predicted octanol–water partition coefficient (Wildman–Crippen LogP) is 6.99. The predicted molar refractivity (Wildman–Crippen MR) is 125 cm³/mol. The lowest BCUT2D eigenvalue weighted by Crippen LogP contribution is -2.09. The number of thioether (sulfide) groups is 1. The van der Waals surface area contributed by atoms with Crippen LogP contribution in [0, 0.1) is 6.92 Å². The number of benzene rings is 3. The molecular formula is C24H20Cl2O3S. The SMILES string of the molecule is Cc1cc(OCC(=O)O)ccc1SCC=C(c1ccccc1Cl)c1ccccc1Cl. The van der Waals surface area contributed by atoms with Crippen LogP contribution in [0.4, 0.5) is 0 Å². The van der Waals surface area contributed by atoms with E-state index in [2.05, 4.69) is 6.08 Å². The van der Waals surface area contributed by atoms with Crippen molar-refractivity contribution in [3.05, 3.63) is 99.5 Å². The molecule has 0 saturated heterocycles. The van der Waals surface area contributed by atoms with Crippen LogP contribution in [-0.2, 0) is 4.79 Å². The molecule has 0 aliphatic rings. The first-order valence-electron chi connectivity index (χ1n) is 9.23. The zero-order valence-electron chi connectivity index (χ0n) is 16.3. The van der Waals surface area contributed by atoms with E-state index in [-0.39, 0.29) is 6.61 Å². The largest absolute Gasteiger partial charge is 0.482 e. The van der Waals surface area contributed by atoms with Gasteiger partial charge in [-0.15, -0.1) is 11.8 Å². The van der Waals surface area contributed by atoms with Crippen LogP contribution in [0.2, 0.25) is 10.0 Å². The molecule has 0 spiro atoms. The lowest BCUT2D eigenvalue weighted by Gasteiger charge is -2.13. The zero-order valence-corrected chi connectivity index (χ0v) is 18.6. The highest BCUT2D eigenvalue weighted by Crippen LogP contribution is 2.34. The number of rotatable bonds is 8. The average Bonchev–Trinajstić information content (AvgIpc) is 2.72. The maximum atomic E-state index is 10.7. The third-order valence-electron chi connectivity index (χ3n) is 4.36. The van der Waals surface area contributed by atoms with E-state index >= 15 is 0 Å². The second kappa shape index (κ2) is 10.6. The molecule has 0 bridgehead atoms. The number of carbonyl (C=O) groups is 1. The summed E-state index contributed by atoms with van der Waals surface area (Å²) in [6.07, 6.45) is 2.13. The molecule has 0 unspecified atom stereocenters. The van der Waals surface area contributed by atoms with Crippen molar-refractivity contribution in [2.24, 2.45) is 0 Å². The third-order valence-corrected chi connectivity index (χ3v) is 6.12. The van der Waals surface area contributed by atoms with Crippen LogP contribution in [0.3, 0.4) is 0 Å². The maximum Gasteiger partial charge on any atom is 0.341 e. The Morgan fingerprint density at radius 2 is 1.60 bits per heavy atom. The summed E-state index contributed by atoms with van der Waals surface area (Å²) in [4.78, 5) is 11.7. The lowest BCUT2D eigenvalue weighted by molar-refractivity contribution is -0.139. The summed E-state index contributed by atoms with van der Waals surface area (Å²) in [5.74, 6) is 0.257. The smallest absolute Gasteiger partial charge is 0.341 e. The second-order valence-electron chi connectivity index (χ2n) is 6.50. The standard InChI is InChI=1S/C24H20Cl2O3S/c1-16-14-17(29-15-24(27)28)10-11-23(16)30-13-12-18(19-6-2-4-8-21(19)25)20-7-3-5-9-22(20)26/h2-12,14H,13,15H2,1H3,(H,27,28). The molecular weight excluding hydrogens is 439 g/mol. The lowest BCUT2D eigenvalue weighted by atomic mass is 9.98. The van der Waals surface area contributed by atoms with Crippen molar-refractivity contribution in [1.82, 2.24) is 0 Å². The number of carboxylic acid groups (broad SMARTS) is 1. The van der Waals surface area contributed by atoms with Crippen LogP contribution in [0.25, 0.3) is 5.57 Å². The van der Waals surface area contributed by atoms with Gasteiger partial charge in [0.2, 0.25) is 0 Å². The number of ether oxygens (including phenoxy) is 1. The van der Waals surface area contributed by atoms with Crippen molar-refractivity contribution >= 4 is 46.5 Å². The van der Waals surface area contributed by atoms with Crippen LogP contribution in [0.5, 0.6) is 5.75 Å². The molecule has 30 heavy (non-hydrogen) atoms. The molecule has 3 aromatic rings. The number of aryl methyl sites for hydroxylation is 1. The van der Waals surface area contributed by atoms with E-state index in [1.165, 1.54) is 0 Å². The molecule has 3 rings (SSSR count). The first-order chi connectivity index (χ1) is 14.5. The van der Waals surface area contributed by atoms with Crippen molar-refractivity contribution < 1.29 is 14.6 Å². The van der Waals surface area contributed by atoms with E-state index in [1.807, 2.05) is 67.6 Å². The zero-order chi connectivity index (χ0) is 21.5. The van der Waals surface area contributed by atoms with Crippen LogP contribution in [0.1, 0.15) is 16.7 Å². The molecule has 0 aliphatic carbocycles. The van der Waals surface area contributed by atoms with Gasteiger partial charge in [0.05, 0.1) is 0 Å². The van der Waals surface area contributed by atoms with Gasteiger partial charge in [0, 0.05) is 31.8 Å². The Morgan fingerprint density at radius 1 is 1.00 bits per heavy atom. The van der Waals surface area contributed by atoms with Crippen LogP contribution >= 0.6 is 35.0 Å². The van der Waals surface area contributed by atoms with Gasteiger partial charge < -0.3 is 9.84 Å². The molecule has 0 heterocycles. The Hall–Kier alpha value is -2.40. The molecule has 0 fully saturated rings. The highest BCUT2D eigenvalue weighted by atomic mass is 35.5. The Kier molecular flexibility index (Phi) is 7.86. The fraction of sp³-hybridized carbons (Fsp3) is 0.125. The number of hydrogen-bond acceptors (Lipinski definition) is 3. The molecule has 6 heteroatoms. The van der Waals surface area contributed by atoms with Gasteiger partial charge in [-0.3, -0.25) is 0 Å². The molecule has 3 nitrogen and oxygen atoms in total. The number of aliphatic carboxylic acids is 1. The number of halogens is 2. The van der Waals surface area contributed by atoms with Crippen molar-refractivity contribution in [2.45, 2.75) is 11.8 Å². The molecule has 0 amide bonds. The molecule has 3 aromatic carbocycles. The van der Waals surface area contributed by atoms with Crippen molar-refractivity contribution in [1.29, 1.82) is 0 Å². The average molecular weight is 459 g/mol. The normalized spacial score (nSPS) is 10.5. The van der Waals surface area contributed by atoms with E-state index in [1.54, 1.807) is 17.8 Å². The molecule has 154 valence electrons. The van der Waals surface area contributed by atoms with E-state index < -0.39 is 5.97 Å². The fourth-order valence-electron chi connectivity index (χ4n) is 2.96. The Morgan fingerprint density at radius 3 is 2.13 bits per heavy atom. The van der Waals surface area contributed by atoms with Crippen molar-refractivity contribution in [3.8, 4) is 5.75 Å². The van der Waals surface area contributed by atoms with Crippen LogP contribution < -0.4 is 4.74 Å². The van der Waals surface area contributed by atoms with E-state index in [9.17, 15) is 4.79 Å². The van der Waals surface area contributed by atoms with Gasteiger partial charge >= 0.3 is 5.97 Å². The highest BCUT2D eigenvalue weighted by molar-refractivity contribution is 7.99. The van der Waals surface area contributed by atoms with Crippen LogP contribution in [-0.4, -0.2) is 23.4 Å². The third kappa shape index (κ3) is 5.82. The minimum Gasteiger partial charge on any atom is -0.482 e. The van der Waals surface area contributed by atoms with E-state index in [4.69, 9.17) is 33.0 Å². The monoisotopic (exact) mass is 458 g/mol. The first-order valence-corrected chi connectivity index (χ1v) is 11.0. The van der Waals surface area contributed by atoms with E-state index in [0.29, 0.717) is 21.5 Å². The minimum absolute atomic E-state index is 0.353. The number of carboxylic acids is 1. The van der Waals surface area contributed by atoms with E-state index in [0.717, 1.165) is 27.2 Å². The minimum atomic E-state index is -0.997. The molecule has 0 aromatic heterocycles. The molecule has 0 saturated carbocycles. The van der Waals surface area contributed by atoms with Gasteiger partial charge in [0.1, 0.15) is 5.75 Å². The van der Waals surface area contributed by atoms with Gasteiger partial charge in [0.15, 0.2) is 6.61 Å². The summed E-state index contributed by atoms with van der Waals surface area (Å²) >= 11 is 14.6. The van der Waals surface area contributed by atoms with Crippen LogP contribution in [0.15, 0.2) is 77.7 Å². The maximum absolute atomic E-state index is 10.7. The van der Waals surface area contributed by atoms with Gasteiger partial charge in [-0.25, -0.2) is 4.79 Å². The van der Waals surface area contributed by atoms with Crippen molar-refractivity contribution in [2.75, 3.05) is 12.4 Å². The molecule has 0 radical (unpaired) electrons. The Bertz CT molecular complexity index is 1030. The molecule has 1 N–H and O–H groups in total. The summed E-state index contributed by atoms with van der Waals surface area (Å²) in [5, 5.41) is 10.1.